The van der Waals surface area contributed by atoms with Crippen LogP contribution in [0.5, 0.6) is 0 Å². The zero-order valence-corrected chi connectivity index (χ0v) is 15.6. The molecule has 138 valence electrons. The Morgan fingerprint density at radius 2 is 1.81 bits per heavy atom. The minimum absolute atomic E-state index is 0.138. The van der Waals surface area contributed by atoms with Crippen LogP contribution in [0.2, 0.25) is 0 Å². The van der Waals surface area contributed by atoms with E-state index in [9.17, 15) is 9.90 Å². The van der Waals surface area contributed by atoms with Crippen LogP contribution in [0.4, 0.5) is 0 Å². The lowest BCUT2D eigenvalue weighted by Gasteiger charge is -2.38. The van der Waals surface area contributed by atoms with Gasteiger partial charge in [-0.3, -0.25) is 4.79 Å². The monoisotopic (exact) mass is 352 g/mol. The highest BCUT2D eigenvalue weighted by Crippen LogP contribution is 2.38. The molecule has 3 unspecified atom stereocenters. The summed E-state index contributed by atoms with van der Waals surface area (Å²) < 4.78 is 0. The van der Waals surface area contributed by atoms with Crippen molar-refractivity contribution in [1.29, 1.82) is 0 Å². The fraction of sp³-hybridized carbons (Fsp3) is 0.500. The van der Waals surface area contributed by atoms with Gasteiger partial charge < -0.3 is 14.9 Å². The molecule has 3 heterocycles. The topological polar surface area (TPSA) is 43.8 Å². The van der Waals surface area contributed by atoms with E-state index in [-0.39, 0.29) is 30.0 Å². The number of likely N-dealkylation sites (N-methyl/N-ethyl adjacent to an activating group) is 1. The molecule has 0 radical (unpaired) electrons. The summed E-state index contributed by atoms with van der Waals surface area (Å²) in [5.74, 6) is 0.0783. The third-order valence-electron chi connectivity index (χ3n) is 6.13. The number of piperidine rings is 1. The highest BCUT2D eigenvalue weighted by atomic mass is 16.3. The van der Waals surface area contributed by atoms with Gasteiger partial charge in [0.05, 0.1) is 12.0 Å². The van der Waals surface area contributed by atoms with E-state index in [1.165, 1.54) is 11.1 Å². The first-order valence-electron chi connectivity index (χ1n) is 9.72. The minimum atomic E-state index is -0.235. The highest BCUT2D eigenvalue weighted by Gasteiger charge is 2.43. The first kappa shape index (κ1) is 17.3. The third-order valence-corrected chi connectivity index (χ3v) is 6.13. The van der Waals surface area contributed by atoms with Crippen LogP contribution in [0.25, 0.3) is 5.57 Å². The van der Waals surface area contributed by atoms with Crippen molar-refractivity contribution >= 4 is 11.5 Å². The minimum Gasteiger partial charge on any atom is -0.393 e. The third kappa shape index (κ3) is 3.18. The number of carbonyl (C=O) groups excluding carboxylic acids is 1. The Morgan fingerprint density at radius 3 is 2.42 bits per heavy atom. The van der Waals surface area contributed by atoms with Crippen molar-refractivity contribution in [2.24, 2.45) is 0 Å². The average Bonchev–Trinajstić information content (AvgIpc) is 2.92. The molecular formula is C22H28N2O2. The Hall–Kier alpha value is -2.07. The molecule has 2 bridgehead atoms. The van der Waals surface area contributed by atoms with Crippen molar-refractivity contribution in [3.8, 4) is 0 Å². The largest absolute Gasteiger partial charge is 0.393 e. The van der Waals surface area contributed by atoms with Gasteiger partial charge in [0.1, 0.15) is 0 Å². The number of benzene rings is 1. The summed E-state index contributed by atoms with van der Waals surface area (Å²) >= 11 is 0. The molecule has 1 aromatic rings. The van der Waals surface area contributed by atoms with E-state index in [1.54, 1.807) is 0 Å². The van der Waals surface area contributed by atoms with Gasteiger partial charge in [0, 0.05) is 31.9 Å². The molecule has 3 aliphatic heterocycles. The summed E-state index contributed by atoms with van der Waals surface area (Å²) in [4.78, 5) is 17.3. The number of fused-ring (bicyclic) bond motifs is 2. The van der Waals surface area contributed by atoms with Crippen LogP contribution in [-0.4, -0.2) is 52.6 Å². The summed E-state index contributed by atoms with van der Waals surface area (Å²) in [6.45, 7) is 2.95. The summed E-state index contributed by atoms with van der Waals surface area (Å²) in [6.07, 6.45) is 9.78. The number of nitrogens with zero attached hydrogens (tertiary/aromatic N) is 2. The Bertz CT molecular complexity index is 723. The van der Waals surface area contributed by atoms with Crippen molar-refractivity contribution in [2.45, 2.75) is 56.7 Å². The van der Waals surface area contributed by atoms with Crippen LogP contribution < -0.4 is 0 Å². The molecule has 0 spiro atoms. The maximum atomic E-state index is 13.1. The zero-order chi connectivity index (χ0) is 18.3. The molecule has 1 amide bonds. The van der Waals surface area contributed by atoms with Crippen LogP contribution in [0.1, 0.15) is 49.7 Å². The Balaban J connectivity index is 1.49. The number of rotatable bonds is 3. The Labute approximate surface area is 155 Å². The smallest absolute Gasteiger partial charge is 0.230 e. The number of hydrogen-bond donors (Lipinski definition) is 1. The first-order chi connectivity index (χ1) is 12.5. The van der Waals surface area contributed by atoms with Crippen molar-refractivity contribution in [2.75, 3.05) is 13.6 Å². The highest BCUT2D eigenvalue weighted by molar-refractivity contribution is 5.84. The summed E-state index contributed by atoms with van der Waals surface area (Å²) in [7, 11) is 2.07. The molecule has 0 aromatic heterocycles. The van der Waals surface area contributed by atoms with E-state index in [0.717, 1.165) is 37.8 Å². The summed E-state index contributed by atoms with van der Waals surface area (Å²) in [5.41, 5.74) is 3.45. The van der Waals surface area contributed by atoms with Crippen molar-refractivity contribution < 1.29 is 9.90 Å². The van der Waals surface area contributed by atoms with Crippen LogP contribution in [0.15, 0.2) is 42.6 Å². The van der Waals surface area contributed by atoms with Crippen molar-refractivity contribution in [1.82, 2.24) is 9.80 Å². The Kier molecular flexibility index (Phi) is 4.62. The predicted molar refractivity (Wildman–Crippen MR) is 104 cm³/mol. The van der Waals surface area contributed by atoms with E-state index in [0.29, 0.717) is 0 Å². The molecule has 2 fully saturated rings. The lowest BCUT2D eigenvalue weighted by molar-refractivity contribution is -0.138. The molecule has 0 aliphatic carbocycles. The lowest BCUT2D eigenvalue weighted by Crippen LogP contribution is -2.49. The standard InChI is InChI=1S/C22H28N2O2/c1-15(22(26)24-19-9-10-20(24)13-21(25)12-19)16-5-7-17(8-6-16)18-4-3-11-23(2)14-18/h3-8,14-15,19-21,25H,9-13H2,1-2H3. The molecule has 4 heteroatoms. The fourth-order valence-electron chi connectivity index (χ4n) is 4.69. The second-order valence-electron chi connectivity index (χ2n) is 8.03. The molecule has 2 saturated heterocycles. The van der Waals surface area contributed by atoms with Gasteiger partial charge in [-0.15, -0.1) is 0 Å². The van der Waals surface area contributed by atoms with E-state index < -0.39 is 0 Å². The fourth-order valence-corrected chi connectivity index (χ4v) is 4.69. The van der Waals surface area contributed by atoms with Gasteiger partial charge in [-0.05, 0) is 49.3 Å². The van der Waals surface area contributed by atoms with Gasteiger partial charge in [-0.25, -0.2) is 0 Å². The number of hydrogen-bond acceptors (Lipinski definition) is 3. The van der Waals surface area contributed by atoms with E-state index in [4.69, 9.17) is 0 Å². The van der Waals surface area contributed by atoms with Gasteiger partial charge in [0.2, 0.25) is 5.91 Å². The van der Waals surface area contributed by atoms with Gasteiger partial charge in [0.15, 0.2) is 0 Å². The van der Waals surface area contributed by atoms with Crippen LogP contribution in [0.3, 0.4) is 0 Å². The number of amides is 1. The molecule has 1 N–H and O–H groups in total. The maximum Gasteiger partial charge on any atom is 0.230 e. The van der Waals surface area contributed by atoms with Gasteiger partial charge in [0.25, 0.3) is 0 Å². The van der Waals surface area contributed by atoms with Gasteiger partial charge in [-0.1, -0.05) is 36.4 Å². The van der Waals surface area contributed by atoms with E-state index in [2.05, 4.69) is 59.5 Å². The van der Waals surface area contributed by atoms with E-state index in [1.807, 2.05) is 6.92 Å². The van der Waals surface area contributed by atoms with Crippen LogP contribution in [-0.2, 0) is 4.79 Å². The van der Waals surface area contributed by atoms with Gasteiger partial charge in [-0.2, -0.15) is 0 Å². The Morgan fingerprint density at radius 1 is 1.15 bits per heavy atom. The molecule has 3 atom stereocenters. The quantitative estimate of drug-likeness (QED) is 0.909. The molecule has 0 saturated carbocycles. The molecule has 4 rings (SSSR count). The molecule has 4 nitrogen and oxygen atoms in total. The SMILES string of the molecule is CC(C(=O)N1C2CCC1CC(O)C2)c1ccc(C2=CN(C)CC=C2)cc1. The zero-order valence-electron chi connectivity index (χ0n) is 15.6. The number of aliphatic hydroxyl groups excluding tert-OH is 1. The van der Waals surface area contributed by atoms with Crippen molar-refractivity contribution in [3.63, 3.8) is 0 Å². The number of aliphatic hydroxyl groups is 1. The normalized spacial score (nSPS) is 28.9. The summed E-state index contributed by atoms with van der Waals surface area (Å²) in [5, 5.41) is 9.97. The second-order valence-corrected chi connectivity index (χ2v) is 8.03. The number of carbonyl (C=O) groups is 1. The maximum absolute atomic E-state index is 13.1. The summed E-state index contributed by atoms with van der Waals surface area (Å²) in [6, 6.07) is 8.85. The van der Waals surface area contributed by atoms with Gasteiger partial charge >= 0.3 is 0 Å². The predicted octanol–water partition coefficient (Wildman–Crippen LogP) is 3.15. The van der Waals surface area contributed by atoms with E-state index >= 15 is 0 Å². The van der Waals surface area contributed by atoms with Crippen molar-refractivity contribution in [3.05, 3.63) is 53.7 Å². The molecule has 26 heavy (non-hydrogen) atoms. The second kappa shape index (κ2) is 6.92. The molecular weight excluding hydrogens is 324 g/mol. The van der Waals surface area contributed by atoms with Crippen LogP contribution in [0, 0.1) is 0 Å². The molecule has 1 aromatic carbocycles. The van der Waals surface area contributed by atoms with Crippen LogP contribution >= 0.6 is 0 Å². The first-order valence-corrected chi connectivity index (χ1v) is 9.72. The number of allylic oxidation sites excluding steroid dienone is 2. The lowest BCUT2D eigenvalue weighted by atomic mass is 9.93. The molecule has 3 aliphatic rings. The average molecular weight is 352 g/mol.